The predicted molar refractivity (Wildman–Crippen MR) is 120 cm³/mol. The van der Waals surface area contributed by atoms with E-state index >= 15 is 0 Å². The molecule has 2 aromatic carbocycles. The van der Waals surface area contributed by atoms with Gasteiger partial charge in [-0.1, -0.05) is 29.8 Å². The van der Waals surface area contributed by atoms with Crippen LogP contribution in [0.15, 0.2) is 53.5 Å². The van der Waals surface area contributed by atoms with Crippen molar-refractivity contribution in [2.75, 3.05) is 26.0 Å². The van der Waals surface area contributed by atoms with Crippen molar-refractivity contribution in [2.24, 2.45) is 0 Å². The lowest BCUT2D eigenvalue weighted by molar-refractivity contribution is -0.116. The Kier molecular flexibility index (Phi) is 6.49. The zero-order chi connectivity index (χ0) is 21.0. The first kappa shape index (κ1) is 20.8. The molecule has 0 spiro atoms. The van der Waals surface area contributed by atoms with Gasteiger partial charge >= 0.3 is 0 Å². The number of anilines is 1. The molecule has 5 nitrogen and oxygen atoms in total. The minimum atomic E-state index is -0.0470. The Morgan fingerprint density at radius 2 is 1.86 bits per heavy atom. The molecule has 3 rings (SSSR count). The van der Waals surface area contributed by atoms with E-state index in [1.807, 2.05) is 43.3 Å². The van der Waals surface area contributed by atoms with Crippen LogP contribution in [-0.2, 0) is 17.8 Å². The van der Waals surface area contributed by atoms with E-state index in [0.717, 1.165) is 11.9 Å². The molecule has 0 atom stereocenters. The average Bonchev–Trinajstić information content (AvgIpc) is 2.67. The van der Waals surface area contributed by atoms with E-state index < -0.39 is 0 Å². The SMILES string of the molecule is Cc1ccc(CCC(=O)Nc2cccc3c(=O)n(CCN(C)C)ccc23)c(C)c1. The highest BCUT2D eigenvalue weighted by atomic mass is 16.1. The van der Waals surface area contributed by atoms with Crippen molar-refractivity contribution in [3.63, 3.8) is 0 Å². The maximum Gasteiger partial charge on any atom is 0.258 e. The summed E-state index contributed by atoms with van der Waals surface area (Å²) in [6.07, 6.45) is 2.90. The van der Waals surface area contributed by atoms with E-state index in [1.165, 1.54) is 16.7 Å². The van der Waals surface area contributed by atoms with E-state index in [2.05, 4.69) is 37.4 Å². The molecule has 29 heavy (non-hydrogen) atoms. The molecule has 5 heteroatoms. The number of rotatable bonds is 7. The first-order valence-electron chi connectivity index (χ1n) is 9.98. The Hall–Kier alpha value is -2.92. The van der Waals surface area contributed by atoms with E-state index in [-0.39, 0.29) is 11.5 Å². The van der Waals surface area contributed by atoms with Gasteiger partial charge in [-0.15, -0.1) is 0 Å². The summed E-state index contributed by atoms with van der Waals surface area (Å²) in [4.78, 5) is 27.4. The lowest BCUT2D eigenvalue weighted by Gasteiger charge is -2.13. The first-order chi connectivity index (χ1) is 13.8. The second-order valence-electron chi connectivity index (χ2n) is 7.86. The monoisotopic (exact) mass is 391 g/mol. The molecule has 0 unspecified atom stereocenters. The van der Waals surface area contributed by atoms with Gasteiger partial charge in [0.05, 0.1) is 0 Å². The summed E-state index contributed by atoms with van der Waals surface area (Å²) < 4.78 is 1.72. The van der Waals surface area contributed by atoms with Crippen molar-refractivity contribution in [2.45, 2.75) is 33.2 Å². The molecule has 1 amide bonds. The van der Waals surface area contributed by atoms with Gasteiger partial charge in [-0.2, -0.15) is 0 Å². The molecular formula is C24H29N3O2. The van der Waals surface area contributed by atoms with E-state index in [0.29, 0.717) is 30.5 Å². The summed E-state index contributed by atoms with van der Waals surface area (Å²) in [5.74, 6) is -0.0470. The quantitative estimate of drug-likeness (QED) is 0.667. The van der Waals surface area contributed by atoms with Gasteiger partial charge < -0.3 is 14.8 Å². The van der Waals surface area contributed by atoms with Gasteiger partial charge in [0.25, 0.3) is 5.56 Å². The highest BCUT2D eigenvalue weighted by molar-refractivity contribution is 6.01. The molecule has 1 N–H and O–H groups in total. The summed E-state index contributed by atoms with van der Waals surface area (Å²) in [5.41, 5.74) is 4.28. The molecule has 0 aliphatic carbocycles. The van der Waals surface area contributed by atoms with Gasteiger partial charge in [-0.25, -0.2) is 0 Å². The molecule has 152 valence electrons. The number of aryl methyl sites for hydroxylation is 3. The Morgan fingerprint density at radius 1 is 1.07 bits per heavy atom. The molecule has 1 aromatic heterocycles. The fourth-order valence-corrected chi connectivity index (χ4v) is 3.50. The number of nitrogens with one attached hydrogen (secondary N) is 1. The topological polar surface area (TPSA) is 54.3 Å². The summed E-state index contributed by atoms with van der Waals surface area (Å²) in [6, 6.07) is 13.7. The van der Waals surface area contributed by atoms with Gasteiger partial charge in [0.2, 0.25) is 5.91 Å². The lowest BCUT2D eigenvalue weighted by Crippen LogP contribution is -2.26. The van der Waals surface area contributed by atoms with Crippen molar-refractivity contribution < 1.29 is 4.79 Å². The highest BCUT2D eigenvalue weighted by Crippen LogP contribution is 2.21. The van der Waals surface area contributed by atoms with Crippen LogP contribution in [0, 0.1) is 13.8 Å². The maximum absolute atomic E-state index is 12.8. The second-order valence-corrected chi connectivity index (χ2v) is 7.86. The standard InChI is InChI=1S/C24H29N3O2/c1-17-8-9-19(18(2)16-17)10-11-23(28)25-22-7-5-6-21-20(22)12-13-27(24(21)29)15-14-26(3)4/h5-9,12-13,16H,10-11,14-15H2,1-4H3,(H,25,28). The van der Waals surface area contributed by atoms with Crippen LogP contribution < -0.4 is 10.9 Å². The molecule has 3 aromatic rings. The largest absolute Gasteiger partial charge is 0.326 e. The molecule has 0 radical (unpaired) electrons. The van der Waals surface area contributed by atoms with Crippen molar-refractivity contribution in [3.8, 4) is 0 Å². The van der Waals surface area contributed by atoms with Crippen LogP contribution >= 0.6 is 0 Å². The molecule has 0 aliphatic rings. The number of carbonyl (C=O) groups excluding carboxylic acids is 1. The number of likely N-dealkylation sites (N-methyl/N-ethyl adjacent to an activating group) is 1. The van der Waals surface area contributed by atoms with Gasteiger partial charge in [-0.05, 0) is 63.7 Å². The molecule has 0 bridgehead atoms. The zero-order valence-corrected chi connectivity index (χ0v) is 17.7. The van der Waals surface area contributed by atoms with Crippen LogP contribution in [0.2, 0.25) is 0 Å². The number of pyridine rings is 1. The molecule has 1 heterocycles. The van der Waals surface area contributed by atoms with Gasteiger partial charge in [0.1, 0.15) is 0 Å². The van der Waals surface area contributed by atoms with Crippen LogP contribution in [0.1, 0.15) is 23.1 Å². The summed E-state index contributed by atoms with van der Waals surface area (Å²) in [5, 5.41) is 4.39. The molecule has 0 fully saturated rings. The molecule has 0 aliphatic heterocycles. The normalized spacial score (nSPS) is 11.2. The lowest BCUT2D eigenvalue weighted by atomic mass is 10.0. The minimum Gasteiger partial charge on any atom is -0.326 e. The maximum atomic E-state index is 12.8. The Balaban J connectivity index is 1.75. The third-order valence-corrected chi connectivity index (χ3v) is 5.20. The van der Waals surface area contributed by atoms with Crippen LogP contribution in [0.5, 0.6) is 0 Å². The van der Waals surface area contributed by atoms with Crippen LogP contribution in [0.3, 0.4) is 0 Å². The zero-order valence-electron chi connectivity index (χ0n) is 17.7. The predicted octanol–water partition coefficient (Wildman–Crippen LogP) is 3.75. The average molecular weight is 392 g/mol. The van der Waals surface area contributed by atoms with Crippen molar-refractivity contribution >= 4 is 22.4 Å². The van der Waals surface area contributed by atoms with Crippen LogP contribution in [0.4, 0.5) is 5.69 Å². The fraction of sp³-hybridized carbons (Fsp3) is 0.333. The van der Waals surface area contributed by atoms with Gasteiger partial charge in [0.15, 0.2) is 0 Å². The number of hydrogen-bond acceptors (Lipinski definition) is 3. The van der Waals surface area contributed by atoms with Crippen LogP contribution in [-0.4, -0.2) is 36.0 Å². The number of fused-ring (bicyclic) bond motifs is 1. The van der Waals surface area contributed by atoms with E-state index in [1.54, 1.807) is 10.8 Å². The highest BCUT2D eigenvalue weighted by Gasteiger charge is 2.10. The summed E-state index contributed by atoms with van der Waals surface area (Å²) in [7, 11) is 3.97. The fourth-order valence-electron chi connectivity index (χ4n) is 3.50. The van der Waals surface area contributed by atoms with Crippen LogP contribution in [0.25, 0.3) is 10.8 Å². The van der Waals surface area contributed by atoms with Crippen molar-refractivity contribution in [1.82, 2.24) is 9.47 Å². The second kappa shape index (κ2) is 9.05. The van der Waals surface area contributed by atoms with E-state index in [9.17, 15) is 9.59 Å². The van der Waals surface area contributed by atoms with E-state index in [4.69, 9.17) is 0 Å². The van der Waals surface area contributed by atoms with Crippen molar-refractivity contribution in [1.29, 1.82) is 0 Å². The number of benzene rings is 2. The smallest absolute Gasteiger partial charge is 0.258 e. The number of hydrogen-bond donors (Lipinski definition) is 1. The van der Waals surface area contributed by atoms with Crippen molar-refractivity contribution in [3.05, 3.63) is 75.7 Å². The number of aromatic nitrogens is 1. The number of nitrogens with zero attached hydrogens (tertiary/aromatic N) is 2. The minimum absolute atomic E-state index is 0.0317. The molecule has 0 saturated heterocycles. The molecule has 0 saturated carbocycles. The third kappa shape index (κ3) is 5.12. The third-order valence-electron chi connectivity index (χ3n) is 5.20. The Morgan fingerprint density at radius 3 is 2.59 bits per heavy atom. The van der Waals surface area contributed by atoms with Gasteiger partial charge in [-0.3, -0.25) is 9.59 Å². The Labute approximate surface area is 172 Å². The summed E-state index contributed by atoms with van der Waals surface area (Å²) >= 11 is 0. The van der Waals surface area contributed by atoms with Gasteiger partial charge in [0, 0.05) is 42.2 Å². The summed E-state index contributed by atoms with van der Waals surface area (Å²) in [6.45, 7) is 5.57. The number of amides is 1. The number of carbonyl (C=O) groups is 1. The Bertz CT molecular complexity index is 1080. The first-order valence-corrected chi connectivity index (χ1v) is 9.98. The molecular weight excluding hydrogens is 362 g/mol.